The maximum atomic E-state index is 13.1. The Bertz CT molecular complexity index is 1050. The second kappa shape index (κ2) is 9.78. The van der Waals surface area contributed by atoms with Gasteiger partial charge in [-0.1, -0.05) is 6.07 Å². The molecule has 0 aliphatic rings. The fourth-order valence-corrected chi connectivity index (χ4v) is 3.48. The van der Waals surface area contributed by atoms with Crippen molar-refractivity contribution in [3.63, 3.8) is 0 Å². The normalized spacial score (nSPS) is 12.0. The zero-order chi connectivity index (χ0) is 23.3. The van der Waals surface area contributed by atoms with Crippen LogP contribution in [-0.4, -0.2) is 56.1 Å². The third-order valence-electron chi connectivity index (χ3n) is 4.84. The molecule has 0 bridgehead atoms. The van der Waals surface area contributed by atoms with E-state index in [-0.39, 0.29) is 11.3 Å². The van der Waals surface area contributed by atoms with Crippen LogP contribution >= 0.6 is 0 Å². The smallest absolute Gasteiger partial charge is 0.254 e. The first-order chi connectivity index (χ1) is 14.6. The number of hydrogen-bond acceptors (Lipinski definition) is 7. The average molecular weight is 453 g/mol. The fraction of sp³-hybridized carbons (Fsp3) is 0.381. The number of sulfonamides is 1. The molecule has 1 amide bonds. The van der Waals surface area contributed by atoms with Gasteiger partial charge in [0, 0.05) is 13.1 Å². The van der Waals surface area contributed by atoms with E-state index < -0.39 is 22.0 Å². The summed E-state index contributed by atoms with van der Waals surface area (Å²) in [5.41, 5.74) is 1.07. The Kier molecular flexibility index (Phi) is 7.61. The predicted octanol–water partition coefficient (Wildman–Crippen LogP) is 2.61. The minimum Gasteiger partial charge on any atom is -0.493 e. The first kappa shape index (κ1) is 24.1. The predicted molar refractivity (Wildman–Crippen MR) is 118 cm³/mol. The first-order valence-electron chi connectivity index (χ1n) is 9.30. The molecule has 1 unspecified atom stereocenters. The van der Waals surface area contributed by atoms with Crippen molar-refractivity contribution in [3.05, 3.63) is 41.5 Å². The molecule has 170 valence electrons. The quantitative estimate of drug-likeness (QED) is 0.624. The maximum Gasteiger partial charge on any atom is 0.254 e. The number of benzene rings is 2. The Morgan fingerprint density at radius 3 is 1.94 bits per heavy atom. The van der Waals surface area contributed by atoms with Crippen molar-refractivity contribution >= 4 is 21.6 Å². The van der Waals surface area contributed by atoms with E-state index in [0.29, 0.717) is 23.0 Å². The van der Waals surface area contributed by atoms with E-state index in [4.69, 9.17) is 18.9 Å². The molecule has 0 aliphatic carbocycles. The first-order valence-corrected chi connectivity index (χ1v) is 11.1. The van der Waals surface area contributed by atoms with Gasteiger partial charge in [-0.15, -0.1) is 0 Å². The zero-order valence-corrected chi connectivity index (χ0v) is 19.5. The van der Waals surface area contributed by atoms with Gasteiger partial charge in [-0.05, 0) is 30.7 Å². The van der Waals surface area contributed by atoms with Gasteiger partial charge in [0.2, 0.25) is 10.0 Å². The summed E-state index contributed by atoms with van der Waals surface area (Å²) in [5.74, 6) is 1.23. The van der Waals surface area contributed by atoms with Crippen LogP contribution in [0.2, 0.25) is 0 Å². The molecule has 0 spiro atoms. The summed E-state index contributed by atoms with van der Waals surface area (Å²) < 4.78 is 46.4. The largest absolute Gasteiger partial charge is 0.493 e. The van der Waals surface area contributed by atoms with Gasteiger partial charge in [0.25, 0.3) is 5.91 Å². The molecular formula is C21H28N2O7S. The topological polar surface area (TPSA) is 103 Å². The molecule has 0 radical (unpaired) electrons. The molecule has 0 saturated carbocycles. The SMILES string of the molecule is COc1ccc(C(C)NC(=O)c2cc(OC)c(OC)cc2N(C)S(C)(=O)=O)cc1OC. The zero-order valence-electron chi connectivity index (χ0n) is 18.7. The van der Waals surface area contributed by atoms with Crippen LogP contribution in [0.15, 0.2) is 30.3 Å². The minimum atomic E-state index is -3.63. The third kappa shape index (κ3) is 5.32. The molecule has 0 fully saturated rings. The Morgan fingerprint density at radius 1 is 0.903 bits per heavy atom. The van der Waals surface area contributed by atoms with Gasteiger partial charge >= 0.3 is 0 Å². The van der Waals surface area contributed by atoms with Crippen molar-refractivity contribution in [2.45, 2.75) is 13.0 Å². The number of nitrogens with one attached hydrogen (secondary N) is 1. The van der Waals surface area contributed by atoms with Crippen LogP contribution in [0.3, 0.4) is 0 Å². The summed E-state index contributed by atoms with van der Waals surface area (Å²) in [4.78, 5) is 13.1. The number of carbonyl (C=O) groups excluding carboxylic acids is 1. The summed E-state index contributed by atoms with van der Waals surface area (Å²) in [6, 6.07) is 7.82. The number of methoxy groups -OCH3 is 4. The lowest BCUT2D eigenvalue weighted by molar-refractivity contribution is 0.0940. The number of carbonyl (C=O) groups is 1. The van der Waals surface area contributed by atoms with E-state index >= 15 is 0 Å². The second-order valence-electron chi connectivity index (χ2n) is 6.76. The van der Waals surface area contributed by atoms with E-state index in [9.17, 15) is 13.2 Å². The second-order valence-corrected chi connectivity index (χ2v) is 8.78. The molecule has 2 aromatic carbocycles. The molecule has 0 aromatic heterocycles. The van der Waals surface area contributed by atoms with Gasteiger partial charge in [0.1, 0.15) is 0 Å². The molecule has 31 heavy (non-hydrogen) atoms. The van der Waals surface area contributed by atoms with Crippen LogP contribution in [0.1, 0.15) is 28.9 Å². The van der Waals surface area contributed by atoms with Crippen molar-refractivity contribution in [2.24, 2.45) is 0 Å². The summed E-state index contributed by atoms with van der Waals surface area (Å²) >= 11 is 0. The lowest BCUT2D eigenvalue weighted by Gasteiger charge is -2.23. The van der Waals surface area contributed by atoms with Crippen molar-refractivity contribution in [1.29, 1.82) is 0 Å². The fourth-order valence-electron chi connectivity index (χ4n) is 2.97. The summed E-state index contributed by atoms with van der Waals surface area (Å²) in [5, 5.41) is 2.88. The number of rotatable bonds is 9. The molecule has 2 rings (SSSR count). The Balaban J connectivity index is 2.46. The lowest BCUT2D eigenvalue weighted by atomic mass is 10.1. The highest BCUT2D eigenvalue weighted by atomic mass is 32.2. The molecule has 0 aliphatic heterocycles. The highest BCUT2D eigenvalue weighted by Crippen LogP contribution is 2.36. The van der Waals surface area contributed by atoms with Crippen LogP contribution in [0.25, 0.3) is 0 Å². The van der Waals surface area contributed by atoms with Gasteiger partial charge in [-0.3, -0.25) is 9.10 Å². The standard InChI is InChI=1S/C21H28N2O7S/c1-13(14-8-9-17(27-3)18(10-14)28-4)22-21(24)15-11-19(29-5)20(30-6)12-16(15)23(2)31(7,25)26/h8-13H,1-7H3,(H,22,24). The van der Waals surface area contributed by atoms with Gasteiger partial charge in [0.05, 0.1) is 52.0 Å². The molecule has 2 aromatic rings. The molecule has 0 heterocycles. The van der Waals surface area contributed by atoms with Crippen molar-refractivity contribution in [2.75, 3.05) is 46.0 Å². The molecule has 0 saturated heterocycles. The number of ether oxygens (including phenoxy) is 4. The summed E-state index contributed by atoms with van der Waals surface area (Å²) in [6.07, 6.45) is 1.05. The van der Waals surface area contributed by atoms with Crippen LogP contribution in [0.5, 0.6) is 23.0 Å². The average Bonchev–Trinajstić information content (AvgIpc) is 2.76. The third-order valence-corrected chi connectivity index (χ3v) is 6.03. The molecular weight excluding hydrogens is 424 g/mol. The van der Waals surface area contributed by atoms with Gasteiger partial charge in [-0.2, -0.15) is 0 Å². The van der Waals surface area contributed by atoms with Crippen LogP contribution in [0.4, 0.5) is 5.69 Å². The van der Waals surface area contributed by atoms with Crippen LogP contribution in [0, 0.1) is 0 Å². The van der Waals surface area contributed by atoms with Crippen molar-refractivity contribution in [3.8, 4) is 23.0 Å². The number of amides is 1. The van der Waals surface area contributed by atoms with Crippen LogP contribution in [-0.2, 0) is 10.0 Å². The Hall–Kier alpha value is -3.14. The highest BCUT2D eigenvalue weighted by Gasteiger charge is 2.24. The maximum absolute atomic E-state index is 13.1. The van der Waals surface area contributed by atoms with Crippen LogP contribution < -0.4 is 28.6 Å². The van der Waals surface area contributed by atoms with E-state index in [0.717, 1.165) is 16.1 Å². The van der Waals surface area contributed by atoms with Gasteiger partial charge < -0.3 is 24.3 Å². The van der Waals surface area contributed by atoms with Crippen molar-refractivity contribution in [1.82, 2.24) is 5.32 Å². The molecule has 10 heteroatoms. The van der Waals surface area contributed by atoms with Gasteiger partial charge in [-0.25, -0.2) is 8.42 Å². The van der Waals surface area contributed by atoms with E-state index in [1.54, 1.807) is 26.2 Å². The van der Waals surface area contributed by atoms with E-state index in [1.165, 1.54) is 40.5 Å². The Morgan fingerprint density at radius 2 is 1.42 bits per heavy atom. The number of nitrogens with zero attached hydrogens (tertiary/aromatic N) is 1. The summed E-state index contributed by atoms with van der Waals surface area (Å²) in [6.45, 7) is 1.81. The summed E-state index contributed by atoms with van der Waals surface area (Å²) in [7, 11) is 3.68. The van der Waals surface area contributed by atoms with Crippen molar-refractivity contribution < 1.29 is 32.2 Å². The number of anilines is 1. The molecule has 1 N–H and O–H groups in total. The molecule has 9 nitrogen and oxygen atoms in total. The minimum absolute atomic E-state index is 0.123. The lowest BCUT2D eigenvalue weighted by Crippen LogP contribution is -2.31. The monoisotopic (exact) mass is 452 g/mol. The highest BCUT2D eigenvalue weighted by molar-refractivity contribution is 7.92. The van der Waals surface area contributed by atoms with Gasteiger partial charge in [0.15, 0.2) is 23.0 Å². The number of hydrogen-bond donors (Lipinski definition) is 1. The Labute approximate surface area is 182 Å². The molecule has 1 atom stereocenters. The van der Waals surface area contributed by atoms with E-state index in [1.807, 2.05) is 6.07 Å². The van der Waals surface area contributed by atoms with E-state index in [2.05, 4.69) is 5.32 Å².